The van der Waals surface area contributed by atoms with Gasteiger partial charge in [-0.25, -0.2) is 8.42 Å². The predicted octanol–water partition coefficient (Wildman–Crippen LogP) is 3.95. The second kappa shape index (κ2) is 5.66. The van der Waals surface area contributed by atoms with Crippen molar-refractivity contribution in [1.29, 1.82) is 0 Å². The van der Waals surface area contributed by atoms with E-state index < -0.39 is 10.0 Å². The molecule has 0 amide bonds. The van der Waals surface area contributed by atoms with Gasteiger partial charge in [0.1, 0.15) is 4.90 Å². The van der Waals surface area contributed by atoms with Gasteiger partial charge in [0.25, 0.3) is 10.0 Å². The van der Waals surface area contributed by atoms with Gasteiger partial charge in [-0.05, 0) is 24.3 Å². The third-order valence-corrected chi connectivity index (χ3v) is 4.84. The molecule has 0 fully saturated rings. The van der Waals surface area contributed by atoms with Crippen LogP contribution in [0.4, 0.5) is 5.69 Å². The molecule has 0 unspecified atom stereocenters. The first kappa shape index (κ1) is 14.6. The number of halogens is 3. The summed E-state index contributed by atoms with van der Waals surface area (Å²) in [6.07, 6.45) is 2.59. The van der Waals surface area contributed by atoms with Gasteiger partial charge in [0, 0.05) is 16.9 Å². The van der Waals surface area contributed by atoms with Crippen LogP contribution >= 0.6 is 39.1 Å². The Morgan fingerprint density at radius 1 is 1.16 bits per heavy atom. The molecule has 0 atom stereocenters. The van der Waals surface area contributed by atoms with Gasteiger partial charge in [-0.15, -0.1) is 0 Å². The minimum Gasteiger partial charge on any atom is -0.278 e. The molecule has 0 bridgehead atoms. The summed E-state index contributed by atoms with van der Waals surface area (Å²) in [6.45, 7) is 0. The number of rotatable bonds is 3. The summed E-state index contributed by atoms with van der Waals surface area (Å²) in [5.74, 6) is 0. The van der Waals surface area contributed by atoms with E-state index in [0.29, 0.717) is 0 Å². The zero-order chi connectivity index (χ0) is 14.0. The Kier molecular flexibility index (Phi) is 4.35. The molecule has 0 saturated carbocycles. The smallest absolute Gasteiger partial charge is 0.264 e. The molecule has 1 N–H and O–H groups in total. The van der Waals surface area contributed by atoms with Gasteiger partial charge in [0.05, 0.1) is 15.7 Å². The highest BCUT2D eigenvalue weighted by Crippen LogP contribution is 2.29. The first-order valence-corrected chi connectivity index (χ1v) is 8.01. The van der Waals surface area contributed by atoms with Gasteiger partial charge in [-0.3, -0.25) is 9.71 Å². The van der Waals surface area contributed by atoms with Crippen LogP contribution in [-0.2, 0) is 10.0 Å². The zero-order valence-corrected chi connectivity index (χ0v) is 13.2. The van der Waals surface area contributed by atoms with Crippen LogP contribution in [0.25, 0.3) is 0 Å². The number of hydrogen-bond donors (Lipinski definition) is 1. The van der Waals surface area contributed by atoms with Crippen molar-refractivity contribution in [2.24, 2.45) is 0 Å². The maximum absolute atomic E-state index is 12.2. The van der Waals surface area contributed by atoms with Gasteiger partial charge in [0.15, 0.2) is 0 Å². The van der Waals surface area contributed by atoms with Crippen molar-refractivity contribution in [1.82, 2.24) is 4.98 Å². The normalized spacial score (nSPS) is 11.3. The summed E-state index contributed by atoms with van der Waals surface area (Å²) in [7, 11) is -3.82. The third-order valence-electron chi connectivity index (χ3n) is 2.20. The van der Waals surface area contributed by atoms with Crippen LogP contribution in [0.1, 0.15) is 0 Å². The van der Waals surface area contributed by atoms with Gasteiger partial charge < -0.3 is 0 Å². The van der Waals surface area contributed by atoms with Crippen LogP contribution in [0.5, 0.6) is 0 Å². The Balaban J connectivity index is 2.40. The number of nitrogens with one attached hydrogen (secondary N) is 1. The van der Waals surface area contributed by atoms with Crippen LogP contribution in [0.3, 0.4) is 0 Å². The molecule has 0 radical (unpaired) electrons. The number of nitrogens with zero attached hydrogens (tertiary/aromatic N) is 1. The molecule has 0 aliphatic carbocycles. The molecule has 2 aromatic rings. The van der Waals surface area contributed by atoms with E-state index in [9.17, 15) is 8.42 Å². The van der Waals surface area contributed by atoms with Crippen molar-refractivity contribution in [2.45, 2.75) is 4.90 Å². The lowest BCUT2D eigenvalue weighted by molar-refractivity contribution is 0.601. The maximum atomic E-state index is 12.2. The van der Waals surface area contributed by atoms with Crippen LogP contribution in [0, 0.1) is 0 Å². The molecular formula is C11H7BrCl2N2O2S. The molecule has 4 nitrogen and oxygen atoms in total. The van der Waals surface area contributed by atoms with E-state index in [-0.39, 0.29) is 20.6 Å². The lowest BCUT2D eigenvalue weighted by Crippen LogP contribution is -2.14. The molecule has 8 heteroatoms. The second-order valence-electron chi connectivity index (χ2n) is 3.54. The Morgan fingerprint density at radius 2 is 1.89 bits per heavy atom. The monoisotopic (exact) mass is 380 g/mol. The Labute approximate surface area is 128 Å². The molecule has 19 heavy (non-hydrogen) atoms. The largest absolute Gasteiger partial charge is 0.278 e. The molecule has 0 spiro atoms. The van der Waals surface area contributed by atoms with Gasteiger partial charge in [0.2, 0.25) is 0 Å². The molecule has 0 aliphatic heterocycles. The van der Waals surface area contributed by atoms with Gasteiger partial charge in [-0.2, -0.15) is 0 Å². The summed E-state index contributed by atoms with van der Waals surface area (Å²) < 4.78 is 27.4. The fraction of sp³-hybridized carbons (Fsp3) is 0. The highest BCUT2D eigenvalue weighted by molar-refractivity contribution is 9.10. The first-order valence-electron chi connectivity index (χ1n) is 4.97. The third kappa shape index (κ3) is 3.39. The lowest BCUT2D eigenvalue weighted by Gasteiger charge is -2.10. The number of benzene rings is 1. The number of aromatic nitrogens is 1. The molecule has 0 saturated heterocycles. The molecular weight excluding hydrogens is 375 g/mol. The van der Waals surface area contributed by atoms with Gasteiger partial charge >= 0.3 is 0 Å². The molecule has 100 valence electrons. The number of sulfonamides is 1. The van der Waals surface area contributed by atoms with Crippen LogP contribution in [0.15, 0.2) is 46.0 Å². The summed E-state index contributed by atoms with van der Waals surface area (Å²) in [5, 5.41) is 0.369. The standard InChI is InChI=1S/C11H7BrCl2N2O2S/c12-7-1-2-10(9(14)5-7)16-19(17,18)11-6-15-4-3-8(11)13/h1-6,16H. The van der Waals surface area contributed by atoms with Crippen molar-refractivity contribution < 1.29 is 8.42 Å². The molecule has 1 aromatic carbocycles. The summed E-state index contributed by atoms with van der Waals surface area (Å²) in [5.41, 5.74) is 0.268. The van der Waals surface area contributed by atoms with E-state index in [4.69, 9.17) is 23.2 Å². The average Bonchev–Trinajstić information content (AvgIpc) is 2.33. The number of hydrogen-bond acceptors (Lipinski definition) is 3. The molecule has 2 rings (SSSR count). The maximum Gasteiger partial charge on any atom is 0.264 e. The van der Waals surface area contributed by atoms with E-state index in [2.05, 4.69) is 25.6 Å². The van der Waals surface area contributed by atoms with E-state index in [1.807, 2.05) is 0 Å². The highest BCUT2D eigenvalue weighted by Gasteiger charge is 2.19. The van der Waals surface area contributed by atoms with Crippen LogP contribution < -0.4 is 4.72 Å². The molecule has 1 aromatic heterocycles. The highest BCUT2D eigenvalue weighted by atomic mass is 79.9. The van der Waals surface area contributed by atoms with Crippen molar-refractivity contribution in [3.8, 4) is 0 Å². The molecule has 1 heterocycles. The fourth-order valence-corrected chi connectivity index (χ4v) is 3.62. The van der Waals surface area contributed by atoms with E-state index in [1.54, 1.807) is 18.2 Å². The van der Waals surface area contributed by atoms with E-state index >= 15 is 0 Å². The van der Waals surface area contributed by atoms with Crippen molar-refractivity contribution in [2.75, 3.05) is 4.72 Å². The Bertz CT molecular complexity index is 722. The van der Waals surface area contributed by atoms with Gasteiger partial charge in [-0.1, -0.05) is 39.1 Å². The topological polar surface area (TPSA) is 59.1 Å². The van der Waals surface area contributed by atoms with E-state index in [0.717, 1.165) is 4.47 Å². The van der Waals surface area contributed by atoms with Crippen LogP contribution in [-0.4, -0.2) is 13.4 Å². The first-order chi connectivity index (χ1) is 8.90. The average molecular weight is 382 g/mol. The predicted molar refractivity (Wildman–Crippen MR) is 79.2 cm³/mol. The fourth-order valence-electron chi connectivity index (χ4n) is 1.33. The molecule has 0 aliphatic rings. The van der Waals surface area contributed by atoms with Crippen molar-refractivity contribution in [3.05, 3.63) is 51.2 Å². The lowest BCUT2D eigenvalue weighted by atomic mass is 10.3. The number of pyridine rings is 1. The summed E-state index contributed by atoms with van der Waals surface area (Å²) in [4.78, 5) is 3.64. The SMILES string of the molecule is O=S(=O)(Nc1ccc(Br)cc1Cl)c1cnccc1Cl. The van der Waals surface area contributed by atoms with E-state index in [1.165, 1.54) is 18.5 Å². The number of anilines is 1. The minimum atomic E-state index is -3.82. The zero-order valence-electron chi connectivity index (χ0n) is 9.27. The summed E-state index contributed by atoms with van der Waals surface area (Å²) >= 11 is 15.0. The quantitative estimate of drug-likeness (QED) is 0.875. The Hall–Kier alpha value is -0.820. The van der Waals surface area contributed by atoms with Crippen LogP contribution in [0.2, 0.25) is 10.0 Å². The van der Waals surface area contributed by atoms with Crippen molar-refractivity contribution in [3.63, 3.8) is 0 Å². The van der Waals surface area contributed by atoms with Crippen molar-refractivity contribution >= 4 is 54.8 Å². The summed E-state index contributed by atoms with van der Waals surface area (Å²) in [6, 6.07) is 6.21. The Morgan fingerprint density at radius 3 is 2.53 bits per heavy atom. The minimum absolute atomic E-state index is 0.0933. The second-order valence-corrected chi connectivity index (χ2v) is 6.92.